The highest BCUT2D eigenvalue weighted by Crippen LogP contribution is 2.02. The summed E-state index contributed by atoms with van der Waals surface area (Å²) in [6.07, 6.45) is 1.44. The molecule has 1 atom stereocenters. The molecule has 0 radical (unpaired) electrons. The number of sulfone groups is 1. The first-order valence-corrected chi connectivity index (χ1v) is 5.99. The molecular formula is C6H13ClO4S. The van der Waals surface area contributed by atoms with Crippen molar-refractivity contribution >= 4 is 21.4 Å². The summed E-state index contributed by atoms with van der Waals surface area (Å²) >= 11 is 5.53. The normalized spacial score (nSPS) is 14.6. The minimum atomic E-state index is -2.98. The molecule has 0 aliphatic rings. The first-order chi connectivity index (χ1) is 5.45. The van der Waals surface area contributed by atoms with Gasteiger partial charge in [0, 0.05) is 19.3 Å². The largest absolute Gasteiger partial charge is 0.396 e. The standard InChI is InChI=1S/C6H13ClO4S/c1-12(9,10)5-4-11-6(7)2-3-8/h6,8H,2-5H2,1H3. The SMILES string of the molecule is CS(=O)(=O)CCOC(Cl)CCO. The van der Waals surface area contributed by atoms with Gasteiger partial charge in [0.05, 0.1) is 12.4 Å². The van der Waals surface area contributed by atoms with Gasteiger partial charge >= 0.3 is 0 Å². The topological polar surface area (TPSA) is 63.6 Å². The predicted molar refractivity (Wildman–Crippen MR) is 47.0 cm³/mol. The third-order valence-electron chi connectivity index (χ3n) is 1.11. The summed E-state index contributed by atoms with van der Waals surface area (Å²) in [5.41, 5.74) is -0.600. The molecular weight excluding hydrogens is 204 g/mol. The van der Waals surface area contributed by atoms with E-state index in [0.29, 0.717) is 6.42 Å². The summed E-state index contributed by atoms with van der Waals surface area (Å²) in [5, 5.41) is 8.41. The zero-order valence-electron chi connectivity index (χ0n) is 6.86. The van der Waals surface area contributed by atoms with Gasteiger partial charge in [-0.3, -0.25) is 0 Å². The highest BCUT2D eigenvalue weighted by Gasteiger charge is 2.06. The zero-order valence-corrected chi connectivity index (χ0v) is 8.44. The van der Waals surface area contributed by atoms with Gasteiger partial charge in [-0.05, 0) is 0 Å². The number of halogens is 1. The van der Waals surface area contributed by atoms with Gasteiger partial charge in [-0.25, -0.2) is 8.42 Å². The number of aliphatic hydroxyl groups is 1. The first kappa shape index (κ1) is 12.2. The van der Waals surface area contributed by atoms with Crippen molar-refractivity contribution in [1.82, 2.24) is 0 Å². The Balaban J connectivity index is 3.44. The molecule has 0 saturated carbocycles. The van der Waals surface area contributed by atoms with E-state index < -0.39 is 15.4 Å². The molecule has 1 N–H and O–H groups in total. The average molecular weight is 217 g/mol. The summed E-state index contributed by atoms with van der Waals surface area (Å²) in [6, 6.07) is 0. The van der Waals surface area contributed by atoms with Crippen LogP contribution in [0.4, 0.5) is 0 Å². The van der Waals surface area contributed by atoms with Gasteiger partial charge in [0.2, 0.25) is 0 Å². The van der Waals surface area contributed by atoms with Gasteiger partial charge in [-0.2, -0.15) is 0 Å². The summed E-state index contributed by atoms with van der Waals surface area (Å²) in [5.74, 6) is -0.0400. The lowest BCUT2D eigenvalue weighted by molar-refractivity contribution is 0.0989. The number of rotatable bonds is 6. The molecule has 0 heterocycles. The third-order valence-corrected chi connectivity index (χ3v) is 2.36. The summed E-state index contributed by atoms with van der Waals surface area (Å²) in [7, 11) is -2.98. The van der Waals surface area contributed by atoms with E-state index in [9.17, 15) is 8.42 Å². The van der Waals surface area contributed by atoms with E-state index >= 15 is 0 Å². The fraction of sp³-hybridized carbons (Fsp3) is 1.00. The number of hydrogen-bond acceptors (Lipinski definition) is 4. The second-order valence-electron chi connectivity index (χ2n) is 2.42. The monoisotopic (exact) mass is 216 g/mol. The van der Waals surface area contributed by atoms with Gasteiger partial charge in [-0.1, -0.05) is 11.6 Å². The molecule has 0 rings (SSSR count). The van der Waals surface area contributed by atoms with Crippen LogP contribution in [-0.4, -0.2) is 44.3 Å². The second-order valence-corrected chi connectivity index (χ2v) is 5.17. The Morgan fingerprint density at radius 3 is 2.58 bits per heavy atom. The van der Waals surface area contributed by atoms with Crippen LogP contribution in [0.3, 0.4) is 0 Å². The van der Waals surface area contributed by atoms with Crippen LogP contribution in [0.2, 0.25) is 0 Å². The maximum atomic E-state index is 10.6. The summed E-state index contributed by atoms with van der Waals surface area (Å²) in [4.78, 5) is 0. The van der Waals surface area contributed by atoms with Crippen molar-refractivity contribution in [3.05, 3.63) is 0 Å². The molecule has 0 saturated heterocycles. The minimum Gasteiger partial charge on any atom is -0.396 e. The molecule has 4 nitrogen and oxygen atoms in total. The molecule has 6 heteroatoms. The lowest BCUT2D eigenvalue weighted by Gasteiger charge is -2.08. The predicted octanol–water partition coefficient (Wildman–Crippen LogP) is -0.00510. The van der Waals surface area contributed by atoms with Crippen molar-refractivity contribution < 1.29 is 18.3 Å². The van der Waals surface area contributed by atoms with Crippen LogP contribution in [0.15, 0.2) is 0 Å². The van der Waals surface area contributed by atoms with E-state index in [1.165, 1.54) is 0 Å². The smallest absolute Gasteiger partial charge is 0.149 e. The Morgan fingerprint density at radius 2 is 2.17 bits per heavy atom. The highest BCUT2D eigenvalue weighted by atomic mass is 35.5. The Morgan fingerprint density at radius 1 is 1.58 bits per heavy atom. The lowest BCUT2D eigenvalue weighted by atomic mass is 10.5. The van der Waals surface area contributed by atoms with Crippen LogP contribution in [-0.2, 0) is 14.6 Å². The van der Waals surface area contributed by atoms with E-state index in [1.807, 2.05) is 0 Å². The molecule has 0 aliphatic heterocycles. The van der Waals surface area contributed by atoms with E-state index in [2.05, 4.69) is 0 Å². The van der Waals surface area contributed by atoms with Crippen molar-refractivity contribution in [1.29, 1.82) is 0 Å². The fourth-order valence-electron chi connectivity index (χ4n) is 0.512. The first-order valence-electron chi connectivity index (χ1n) is 3.50. The maximum Gasteiger partial charge on any atom is 0.149 e. The second kappa shape index (κ2) is 5.75. The van der Waals surface area contributed by atoms with Gasteiger partial charge in [-0.15, -0.1) is 0 Å². The molecule has 0 bridgehead atoms. The van der Waals surface area contributed by atoms with Crippen LogP contribution in [0, 0.1) is 0 Å². The van der Waals surface area contributed by atoms with Crippen molar-refractivity contribution in [3.63, 3.8) is 0 Å². The Bertz CT molecular complexity index is 202. The number of hydrogen-bond donors (Lipinski definition) is 1. The molecule has 0 aliphatic carbocycles. The van der Waals surface area contributed by atoms with Crippen LogP contribution >= 0.6 is 11.6 Å². The molecule has 0 aromatic rings. The van der Waals surface area contributed by atoms with E-state index in [1.54, 1.807) is 0 Å². The lowest BCUT2D eigenvalue weighted by Crippen LogP contribution is -2.15. The van der Waals surface area contributed by atoms with E-state index in [0.717, 1.165) is 6.26 Å². The van der Waals surface area contributed by atoms with Crippen LogP contribution < -0.4 is 0 Å². The highest BCUT2D eigenvalue weighted by molar-refractivity contribution is 7.90. The van der Waals surface area contributed by atoms with Gasteiger partial charge in [0.25, 0.3) is 0 Å². The van der Waals surface area contributed by atoms with Crippen molar-refractivity contribution in [2.75, 3.05) is 25.2 Å². The molecule has 0 fully saturated rings. The minimum absolute atomic E-state index is 0.0400. The molecule has 0 aromatic heterocycles. The molecule has 1 unspecified atom stereocenters. The molecule has 12 heavy (non-hydrogen) atoms. The van der Waals surface area contributed by atoms with Crippen LogP contribution in [0.25, 0.3) is 0 Å². The average Bonchev–Trinajstić information content (AvgIpc) is 1.84. The Kier molecular flexibility index (Phi) is 5.82. The Hall–Kier alpha value is 0.160. The van der Waals surface area contributed by atoms with Gasteiger partial charge < -0.3 is 9.84 Å². The van der Waals surface area contributed by atoms with Crippen molar-refractivity contribution in [2.45, 2.75) is 12.0 Å². The zero-order chi connectivity index (χ0) is 9.61. The van der Waals surface area contributed by atoms with Crippen molar-refractivity contribution in [3.8, 4) is 0 Å². The van der Waals surface area contributed by atoms with Crippen LogP contribution in [0.5, 0.6) is 0 Å². The van der Waals surface area contributed by atoms with Gasteiger partial charge in [0.1, 0.15) is 15.4 Å². The number of alkyl halides is 1. The number of ether oxygens (including phenoxy) is 1. The third kappa shape index (κ3) is 8.26. The quantitative estimate of drug-likeness (QED) is 0.635. The summed E-state index contributed by atoms with van der Waals surface area (Å²) in [6.45, 7) is 0.0139. The van der Waals surface area contributed by atoms with Crippen LogP contribution in [0.1, 0.15) is 6.42 Å². The Labute approximate surface area is 77.4 Å². The van der Waals surface area contributed by atoms with Crippen molar-refractivity contribution in [2.24, 2.45) is 0 Å². The summed E-state index contributed by atoms with van der Waals surface area (Å²) < 4.78 is 26.1. The fourth-order valence-corrected chi connectivity index (χ4v) is 1.10. The maximum absolute atomic E-state index is 10.6. The number of aliphatic hydroxyl groups excluding tert-OH is 1. The van der Waals surface area contributed by atoms with E-state index in [4.69, 9.17) is 21.4 Å². The molecule has 0 aromatic carbocycles. The molecule has 74 valence electrons. The molecule has 0 amide bonds. The van der Waals surface area contributed by atoms with E-state index in [-0.39, 0.29) is 19.0 Å². The molecule has 0 spiro atoms. The van der Waals surface area contributed by atoms with Gasteiger partial charge in [0.15, 0.2) is 0 Å².